The van der Waals surface area contributed by atoms with E-state index in [0.29, 0.717) is 0 Å². The lowest BCUT2D eigenvalue weighted by Crippen LogP contribution is -2.41. The molecule has 0 bridgehead atoms. The highest BCUT2D eigenvalue weighted by Crippen LogP contribution is 2.44. The summed E-state index contributed by atoms with van der Waals surface area (Å²) in [5.41, 5.74) is 0. The zero-order valence-electron chi connectivity index (χ0n) is 5.95. The maximum atomic E-state index is 12.6. The standard InChI is InChI=1S/C4HF7O3/c5-1-2(6,13-3(7,8)9)14-4(10,11)12-1/h1H. The Morgan fingerprint density at radius 3 is 1.93 bits per heavy atom. The molecule has 10 heteroatoms. The SMILES string of the molecule is FC1OC(F)(F)OC1(F)OC(F)(F)F. The Kier molecular flexibility index (Phi) is 2.41. The van der Waals surface area contributed by atoms with Crippen molar-refractivity contribution in [2.45, 2.75) is 25.1 Å². The highest BCUT2D eigenvalue weighted by Gasteiger charge is 2.66. The summed E-state index contributed by atoms with van der Waals surface area (Å²) in [6, 6.07) is -4.69. The molecule has 0 saturated carbocycles. The second-order valence-electron chi connectivity index (χ2n) is 2.13. The van der Waals surface area contributed by atoms with Crippen LogP contribution in [0.5, 0.6) is 0 Å². The van der Waals surface area contributed by atoms with Crippen molar-refractivity contribution in [1.82, 2.24) is 0 Å². The summed E-state index contributed by atoms with van der Waals surface area (Å²) in [6.07, 6.45) is -14.2. The second-order valence-corrected chi connectivity index (χ2v) is 2.13. The van der Waals surface area contributed by atoms with Crippen molar-refractivity contribution in [1.29, 1.82) is 0 Å². The fourth-order valence-corrected chi connectivity index (χ4v) is 0.648. The normalized spacial score (nSPS) is 37.5. The molecule has 0 aromatic carbocycles. The molecule has 1 fully saturated rings. The van der Waals surface area contributed by atoms with E-state index in [1.807, 2.05) is 0 Å². The molecule has 1 heterocycles. The molecule has 2 atom stereocenters. The molecule has 1 rings (SSSR count). The number of rotatable bonds is 1. The lowest BCUT2D eigenvalue weighted by Gasteiger charge is -2.19. The van der Waals surface area contributed by atoms with Gasteiger partial charge in [0.2, 0.25) is 0 Å². The van der Waals surface area contributed by atoms with Gasteiger partial charge in [-0.1, -0.05) is 0 Å². The Labute approximate surface area is 71.3 Å². The molecule has 2 unspecified atom stereocenters. The summed E-state index contributed by atoms with van der Waals surface area (Å²) >= 11 is 0. The largest absolute Gasteiger partial charge is 0.527 e. The van der Waals surface area contributed by atoms with E-state index in [9.17, 15) is 30.7 Å². The molecule has 1 aliphatic heterocycles. The Morgan fingerprint density at radius 2 is 1.64 bits per heavy atom. The fourth-order valence-electron chi connectivity index (χ4n) is 0.648. The van der Waals surface area contributed by atoms with Gasteiger partial charge in [-0.2, -0.15) is 4.39 Å². The molecule has 84 valence electrons. The van der Waals surface area contributed by atoms with Crippen LogP contribution in [0.3, 0.4) is 0 Å². The highest BCUT2D eigenvalue weighted by atomic mass is 19.4. The van der Waals surface area contributed by atoms with Crippen LogP contribution >= 0.6 is 0 Å². The molecule has 0 aliphatic carbocycles. The number of hydrogen-bond acceptors (Lipinski definition) is 3. The van der Waals surface area contributed by atoms with Crippen LogP contribution in [0.1, 0.15) is 0 Å². The Morgan fingerprint density at radius 1 is 1.14 bits per heavy atom. The molecule has 14 heavy (non-hydrogen) atoms. The Hall–Kier alpha value is -0.610. The number of ether oxygens (including phenoxy) is 3. The molecule has 0 aromatic rings. The first-order valence-electron chi connectivity index (χ1n) is 2.90. The van der Waals surface area contributed by atoms with Crippen LogP contribution < -0.4 is 0 Å². The van der Waals surface area contributed by atoms with E-state index in [1.54, 1.807) is 0 Å². The highest BCUT2D eigenvalue weighted by molar-refractivity contribution is 4.68. The second kappa shape index (κ2) is 2.94. The zero-order valence-corrected chi connectivity index (χ0v) is 5.95. The summed E-state index contributed by atoms with van der Waals surface area (Å²) < 4.78 is 90.5. The summed E-state index contributed by atoms with van der Waals surface area (Å²) in [7, 11) is 0. The molecule has 1 aliphatic rings. The molecule has 1 saturated heterocycles. The third-order valence-corrected chi connectivity index (χ3v) is 1.02. The van der Waals surface area contributed by atoms with E-state index in [2.05, 4.69) is 14.2 Å². The monoisotopic (exact) mass is 230 g/mol. The predicted octanol–water partition coefficient (Wildman–Crippen LogP) is 2.04. The van der Waals surface area contributed by atoms with Gasteiger partial charge in [-0.05, 0) is 0 Å². The molecule has 0 N–H and O–H groups in total. The molecule has 0 spiro atoms. The summed E-state index contributed by atoms with van der Waals surface area (Å²) in [6.45, 7) is 0. The van der Waals surface area contributed by atoms with Gasteiger partial charge in [0.05, 0.1) is 0 Å². The van der Waals surface area contributed by atoms with Crippen LogP contribution in [-0.2, 0) is 14.2 Å². The maximum absolute atomic E-state index is 12.6. The Balaban J connectivity index is 2.76. The van der Waals surface area contributed by atoms with E-state index in [0.717, 1.165) is 0 Å². The average Bonchev–Trinajstić information content (AvgIpc) is 1.94. The van der Waals surface area contributed by atoms with Gasteiger partial charge >= 0.3 is 18.7 Å². The van der Waals surface area contributed by atoms with Crippen LogP contribution in [0.25, 0.3) is 0 Å². The fraction of sp³-hybridized carbons (Fsp3) is 1.00. The van der Waals surface area contributed by atoms with Gasteiger partial charge in [0.25, 0.3) is 6.36 Å². The lowest BCUT2D eigenvalue weighted by atomic mass is 10.6. The first-order valence-corrected chi connectivity index (χ1v) is 2.90. The van der Waals surface area contributed by atoms with Crippen LogP contribution in [0.15, 0.2) is 0 Å². The van der Waals surface area contributed by atoms with E-state index < -0.39 is 25.1 Å². The van der Waals surface area contributed by atoms with Gasteiger partial charge in [0, 0.05) is 0 Å². The van der Waals surface area contributed by atoms with Crippen LogP contribution in [0.4, 0.5) is 30.7 Å². The van der Waals surface area contributed by atoms with E-state index in [4.69, 9.17) is 0 Å². The summed E-state index contributed by atoms with van der Waals surface area (Å²) in [5, 5.41) is 0. The first-order chi connectivity index (χ1) is 6.04. The van der Waals surface area contributed by atoms with Gasteiger partial charge in [-0.3, -0.25) is 4.74 Å². The topological polar surface area (TPSA) is 27.7 Å². The smallest absolute Gasteiger partial charge is 0.252 e. The molecule has 0 radical (unpaired) electrons. The van der Waals surface area contributed by atoms with Crippen molar-refractivity contribution in [3.63, 3.8) is 0 Å². The van der Waals surface area contributed by atoms with Gasteiger partial charge in [-0.25, -0.2) is 13.9 Å². The van der Waals surface area contributed by atoms with Gasteiger partial charge in [0.15, 0.2) is 0 Å². The number of halogens is 7. The lowest BCUT2D eigenvalue weighted by molar-refractivity contribution is -0.480. The van der Waals surface area contributed by atoms with Crippen molar-refractivity contribution in [2.24, 2.45) is 0 Å². The minimum atomic E-state index is -5.68. The van der Waals surface area contributed by atoms with E-state index in [-0.39, 0.29) is 0 Å². The van der Waals surface area contributed by atoms with Crippen molar-refractivity contribution < 1.29 is 44.9 Å². The first kappa shape index (κ1) is 11.5. The van der Waals surface area contributed by atoms with Gasteiger partial charge < -0.3 is 0 Å². The molecule has 3 nitrogen and oxygen atoms in total. The molecular weight excluding hydrogens is 229 g/mol. The van der Waals surface area contributed by atoms with Gasteiger partial charge in [0.1, 0.15) is 0 Å². The summed E-state index contributed by atoms with van der Waals surface area (Å²) in [4.78, 5) is 0. The summed E-state index contributed by atoms with van der Waals surface area (Å²) in [5.74, 6) is 0. The minimum absolute atomic E-state index is 2.37. The van der Waals surface area contributed by atoms with Crippen LogP contribution in [0.2, 0.25) is 0 Å². The molecule has 0 aromatic heterocycles. The number of hydrogen-bond donors (Lipinski definition) is 0. The zero-order chi connectivity index (χ0) is 11.2. The van der Waals surface area contributed by atoms with Crippen LogP contribution in [-0.4, -0.2) is 25.1 Å². The van der Waals surface area contributed by atoms with Crippen molar-refractivity contribution in [2.75, 3.05) is 0 Å². The van der Waals surface area contributed by atoms with E-state index in [1.165, 1.54) is 0 Å². The maximum Gasteiger partial charge on any atom is 0.527 e. The third kappa shape index (κ3) is 2.45. The minimum Gasteiger partial charge on any atom is -0.252 e. The molecular formula is C4HF7O3. The molecule has 0 amide bonds. The van der Waals surface area contributed by atoms with E-state index >= 15 is 0 Å². The van der Waals surface area contributed by atoms with Crippen molar-refractivity contribution in [3.05, 3.63) is 0 Å². The van der Waals surface area contributed by atoms with Gasteiger partial charge in [-0.15, -0.1) is 22.0 Å². The van der Waals surface area contributed by atoms with Crippen molar-refractivity contribution >= 4 is 0 Å². The predicted molar refractivity (Wildman–Crippen MR) is 23.0 cm³/mol. The van der Waals surface area contributed by atoms with Crippen LogP contribution in [0, 0.1) is 0 Å². The quantitative estimate of drug-likeness (QED) is 0.645. The average molecular weight is 230 g/mol. The van der Waals surface area contributed by atoms with Crippen molar-refractivity contribution in [3.8, 4) is 0 Å². The number of alkyl halides is 7. The Bertz CT molecular complexity index is 227. The third-order valence-electron chi connectivity index (χ3n) is 1.02.